The van der Waals surface area contributed by atoms with Crippen molar-refractivity contribution in [1.82, 2.24) is 10.2 Å². The lowest BCUT2D eigenvalue weighted by atomic mass is 10.0. The average molecular weight is 429 g/mol. The van der Waals surface area contributed by atoms with Crippen molar-refractivity contribution in [3.63, 3.8) is 0 Å². The van der Waals surface area contributed by atoms with Gasteiger partial charge in [-0.1, -0.05) is 58.0 Å². The first-order chi connectivity index (χ1) is 14.7. The van der Waals surface area contributed by atoms with Crippen LogP contribution in [0, 0.1) is 11.7 Å². The monoisotopic (exact) mass is 428 g/mol. The van der Waals surface area contributed by atoms with E-state index < -0.39 is 11.9 Å². The van der Waals surface area contributed by atoms with Gasteiger partial charge in [0.05, 0.1) is 0 Å². The van der Waals surface area contributed by atoms with Crippen molar-refractivity contribution < 1.29 is 18.7 Å². The molecule has 2 amide bonds. The van der Waals surface area contributed by atoms with Crippen molar-refractivity contribution in [1.29, 1.82) is 0 Å². The molecule has 1 N–H and O–H groups in total. The quantitative estimate of drug-likeness (QED) is 0.605. The molecule has 0 aliphatic rings. The van der Waals surface area contributed by atoms with Crippen LogP contribution in [0.25, 0.3) is 0 Å². The molecule has 6 heteroatoms. The maximum absolute atomic E-state index is 14.2. The van der Waals surface area contributed by atoms with Crippen LogP contribution in [0.4, 0.5) is 4.39 Å². The molecule has 168 valence electrons. The third-order valence-electron chi connectivity index (χ3n) is 5.06. The number of ether oxygens (including phenoxy) is 1. The summed E-state index contributed by atoms with van der Waals surface area (Å²) in [7, 11) is 0. The average Bonchev–Trinajstić information content (AvgIpc) is 2.75. The first-order valence-electron chi connectivity index (χ1n) is 10.7. The van der Waals surface area contributed by atoms with Crippen molar-refractivity contribution in [3.05, 3.63) is 65.5 Å². The highest BCUT2D eigenvalue weighted by Gasteiger charge is 2.27. The van der Waals surface area contributed by atoms with Crippen LogP contribution in [0.3, 0.4) is 0 Å². The van der Waals surface area contributed by atoms with E-state index in [9.17, 15) is 14.0 Å². The zero-order chi connectivity index (χ0) is 23.0. The van der Waals surface area contributed by atoms with E-state index in [2.05, 4.69) is 19.2 Å². The molecule has 1 unspecified atom stereocenters. The molecule has 0 fully saturated rings. The molecule has 0 heterocycles. The minimum atomic E-state index is -0.766. The Hall–Kier alpha value is -2.89. The number of carbonyl (C=O) groups is 2. The van der Waals surface area contributed by atoms with E-state index in [1.165, 1.54) is 16.5 Å². The third kappa shape index (κ3) is 7.39. The molecule has 0 aliphatic heterocycles. The van der Waals surface area contributed by atoms with Gasteiger partial charge in [-0.2, -0.15) is 0 Å². The zero-order valence-electron chi connectivity index (χ0n) is 19.0. The Kier molecular flexibility index (Phi) is 9.03. The van der Waals surface area contributed by atoms with Crippen LogP contribution in [-0.2, 0) is 16.1 Å². The van der Waals surface area contributed by atoms with E-state index in [0.717, 1.165) is 0 Å². The summed E-state index contributed by atoms with van der Waals surface area (Å²) in [6, 6.07) is 13.1. The van der Waals surface area contributed by atoms with Gasteiger partial charge in [0.15, 0.2) is 6.61 Å². The lowest BCUT2D eigenvalue weighted by Gasteiger charge is -2.29. The van der Waals surface area contributed by atoms with Crippen molar-refractivity contribution in [3.8, 4) is 5.75 Å². The van der Waals surface area contributed by atoms with E-state index in [0.29, 0.717) is 23.8 Å². The molecular weight excluding hydrogens is 395 g/mol. The zero-order valence-corrected chi connectivity index (χ0v) is 19.0. The Morgan fingerprint density at radius 3 is 2.23 bits per heavy atom. The lowest BCUT2D eigenvalue weighted by Crippen LogP contribution is -2.49. The standard InChI is InChI=1S/C25H33FN2O3/c1-17(2)14-27-25(30)19(5)28(15-21-8-6-7-9-23(21)26)24(29)16-31-22-12-10-20(11-13-22)18(3)4/h6-13,17-19H,14-16H2,1-5H3,(H,27,30). The SMILES string of the molecule is CC(C)CNC(=O)C(C)N(Cc1ccccc1F)C(=O)COc1ccc(C(C)C)cc1. The largest absolute Gasteiger partial charge is 0.484 e. The third-order valence-corrected chi connectivity index (χ3v) is 5.06. The Morgan fingerprint density at radius 1 is 1.00 bits per heavy atom. The molecule has 2 aromatic rings. The van der Waals surface area contributed by atoms with Crippen LogP contribution in [-0.4, -0.2) is 35.9 Å². The van der Waals surface area contributed by atoms with Crippen LogP contribution in [0.1, 0.15) is 51.7 Å². The first kappa shape index (κ1) is 24.4. The summed E-state index contributed by atoms with van der Waals surface area (Å²) in [5.41, 5.74) is 1.52. The van der Waals surface area contributed by atoms with E-state index >= 15 is 0 Å². The molecular formula is C25H33FN2O3. The van der Waals surface area contributed by atoms with Crippen LogP contribution in [0.2, 0.25) is 0 Å². The Balaban J connectivity index is 2.12. The van der Waals surface area contributed by atoms with Gasteiger partial charge in [-0.25, -0.2) is 4.39 Å². The molecule has 0 radical (unpaired) electrons. The van der Waals surface area contributed by atoms with Gasteiger partial charge in [-0.05, 0) is 42.5 Å². The number of halogens is 1. The Morgan fingerprint density at radius 2 is 1.65 bits per heavy atom. The molecule has 1 atom stereocenters. The van der Waals surface area contributed by atoms with Gasteiger partial charge < -0.3 is 15.0 Å². The second-order valence-electron chi connectivity index (χ2n) is 8.44. The second kappa shape index (κ2) is 11.5. The summed E-state index contributed by atoms with van der Waals surface area (Å²) in [6.07, 6.45) is 0. The van der Waals surface area contributed by atoms with Gasteiger partial charge >= 0.3 is 0 Å². The maximum atomic E-state index is 14.2. The number of amides is 2. The smallest absolute Gasteiger partial charge is 0.261 e. The fraction of sp³-hybridized carbons (Fsp3) is 0.440. The van der Waals surface area contributed by atoms with Crippen LogP contribution >= 0.6 is 0 Å². The molecule has 0 bridgehead atoms. The van der Waals surface area contributed by atoms with E-state index in [4.69, 9.17) is 4.74 Å². The summed E-state index contributed by atoms with van der Waals surface area (Å²) < 4.78 is 19.9. The highest BCUT2D eigenvalue weighted by molar-refractivity contribution is 5.87. The molecule has 5 nitrogen and oxygen atoms in total. The summed E-state index contributed by atoms with van der Waals surface area (Å²) in [5.74, 6) is 0.171. The molecule has 0 saturated carbocycles. The summed E-state index contributed by atoms with van der Waals surface area (Å²) in [4.78, 5) is 27.0. The lowest BCUT2D eigenvalue weighted by molar-refractivity contribution is -0.142. The second-order valence-corrected chi connectivity index (χ2v) is 8.44. The van der Waals surface area contributed by atoms with E-state index in [-0.39, 0.29) is 30.9 Å². The number of hydrogen-bond donors (Lipinski definition) is 1. The highest BCUT2D eigenvalue weighted by Crippen LogP contribution is 2.19. The van der Waals surface area contributed by atoms with Gasteiger partial charge in [0.2, 0.25) is 5.91 Å². The van der Waals surface area contributed by atoms with Crippen LogP contribution < -0.4 is 10.1 Å². The van der Waals surface area contributed by atoms with Crippen molar-refractivity contribution >= 4 is 11.8 Å². The van der Waals surface area contributed by atoms with Crippen molar-refractivity contribution in [2.24, 2.45) is 5.92 Å². The minimum absolute atomic E-state index is 0.0164. The molecule has 2 rings (SSSR count). The van der Waals surface area contributed by atoms with Crippen molar-refractivity contribution in [2.75, 3.05) is 13.2 Å². The summed E-state index contributed by atoms with van der Waals surface area (Å²) >= 11 is 0. The van der Waals surface area contributed by atoms with Crippen LogP contribution in [0.15, 0.2) is 48.5 Å². The number of nitrogens with one attached hydrogen (secondary N) is 1. The molecule has 0 aromatic heterocycles. The molecule has 31 heavy (non-hydrogen) atoms. The topological polar surface area (TPSA) is 58.6 Å². The van der Waals surface area contributed by atoms with E-state index in [1.54, 1.807) is 25.1 Å². The molecule has 0 aliphatic carbocycles. The van der Waals surface area contributed by atoms with Gasteiger partial charge in [0.1, 0.15) is 17.6 Å². The predicted octanol–water partition coefficient (Wildman–Crippen LogP) is 4.52. The number of carbonyl (C=O) groups excluding carboxylic acids is 2. The van der Waals surface area contributed by atoms with Crippen LogP contribution in [0.5, 0.6) is 5.75 Å². The normalized spacial score (nSPS) is 12.0. The molecule has 0 saturated heterocycles. The predicted molar refractivity (Wildman–Crippen MR) is 120 cm³/mol. The number of benzene rings is 2. The molecule has 2 aromatic carbocycles. The van der Waals surface area contributed by atoms with E-state index in [1.807, 2.05) is 38.1 Å². The van der Waals surface area contributed by atoms with Crippen molar-refractivity contribution in [2.45, 2.75) is 53.1 Å². The minimum Gasteiger partial charge on any atom is -0.484 e. The number of hydrogen-bond acceptors (Lipinski definition) is 3. The number of nitrogens with zero attached hydrogens (tertiary/aromatic N) is 1. The summed E-state index contributed by atoms with van der Waals surface area (Å²) in [6.45, 7) is 10.1. The van der Waals surface area contributed by atoms with Gasteiger partial charge in [-0.3, -0.25) is 9.59 Å². The maximum Gasteiger partial charge on any atom is 0.261 e. The first-order valence-corrected chi connectivity index (χ1v) is 10.7. The fourth-order valence-electron chi connectivity index (χ4n) is 3.02. The fourth-order valence-corrected chi connectivity index (χ4v) is 3.02. The Bertz CT molecular complexity index is 865. The summed E-state index contributed by atoms with van der Waals surface area (Å²) in [5, 5.41) is 2.84. The van der Waals surface area contributed by atoms with Gasteiger partial charge in [-0.15, -0.1) is 0 Å². The highest BCUT2D eigenvalue weighted by atomic mass is 19.1. The van der Waals surface area contributed by atoms with Gasteiger partial charge in [0.25, 0.3) is 5.91 Å². The van der Waals surface area contributed by atoms with Gasteiger partial charge in [0, 0.05) is 18.7 Å². The number of rotatable bonds is 10. The molecule has 0 spiro atoms. The Labute approximate surface area is 184 Å².